The smallest absolute Gasteiger partial charge is 0.0165 e. The average Bonchev–Trinajstić information content (AvgIpc) is 1.61. The Hall–Kier alpha value is -0.0900. The van der Waals surface area contributed by atoms with Crippen LogP contribution in [0.15, 0.2) is 0 Å². The van der Waals surface area contributed by atoms with Crippen molar-refractivity contribution in [2.45, 2.75) is 0 Å². The van der Waals surface area contributed by atoms with Crippen LogP contribution in [0.25, 0.3) is 0 Å². The molecule has 0 aromatic carbocycles. The summed E-state index contributed by atoms with van der Waals surface area (Å²) in [5.74, 6) is 0.427. The van der Waals surface area contributed by atoms with Gasteiger partial charge in [-0.1, -0.05) is 5.75 Å². The Morgan fingerprint density at radius 3 is 2.57 bits per heavy atom. The first-order chi connectivity index (χ1) is 3.27. The normalized spacial score (nSPS) is 10.0. The summed E-state index contributed by atoms with van der Waals surface area (Å²) in [5, 5.41) is 2.79. The zero-order valence-electron chi connectivity index (χ0n) is 4.23. The summed E-state index contributed by atoms with van der Waals surface area (Å²) in [7, 11) is 0.393. The monoisotopic (exact) mass is 121 g/mol. The molecule has 0 fully saturated rings. The van der Waals surface area contributed by atoms with Gasteiger partial charge in [0.25, 0.3) is 0 Å². The topological polar surface area (TPSA) is 53.0 Å². The Labute approximate surface area is 45.1 Å². The van der Waals surface area contributed by atoms with Crippen molar-refractivity contribution in [2.75, 3.05) is 19.3 Å². The van der Waals surface area contributed by atoms with Crippen LogP contribution in [0.4, 0.5) is 0 Å². The molecule has 0 aromatic heterocycles. The molecule has 0 radical (unpaired) electrons. The van der Waals surface area contributed by atoms with Crippen molar-refractivity contribution in [3.8, 4) is 0 Å². The SMILES string of the molecule is CNCC[S-](=N)=O. The summed E-state index contributed by atoms with van der Waals surface area (Å²) in [5.41, 5.74) is 0. The summed E-state index contributed by atoms with van der Waals surface area (Å²) in [6, 6.07) is 0. The summed E-state index contributed by atoms with van der Waals surface area (Å²) in [4.78, 5) is 0. The quantitative estimate of drug-likeness (QED) is 0.514. The van der Waals surface area contributed by atoms with Gasteiger partial charge in [0.2, 0.25) is 0 Å². The van der Waals surface area contributed by atoms with Gasteiger partial charge in [0, 0.05) is 0 Å². The Kier molecular flexibility index (Phi) is 4.03. The summed E-state index contributed by atoms with van der Waals surface area (Å²) < 4.78 is 16.5. The number of hydrogen-bond donors (Lipinski definition) is 2. The van der Waals surface area contributed by atoms with E-state index in [9.17, 15) is 4.21 Å². The Morgan fingerprint density at radius 1 is 1.86 bits per heavy atom. The second-order valence-electron chi connectivity index (χ2n) is 1.15. The Morgan fingerprint density at radius 2 is 2.43 bits per heavy atom. The van der Waals surface area contributed by atoms with Crippen LogP contribution in [-0.2, 0) is 14.8 Å². The molecule has 0 aliphatic rings. The van der Waals surface area contributed by atoms with Crippen molar-refractivity contribution in [1.29, 1.82) is 4.78 Å². The molecule has 7 heavy (non-hydrogen) atoms. The molecule has 2 N–H and O–H groups in total. The van der Waals surface area contributed by atoms with Crippen LogP contribution < -0.4 is 5.32 Å². The van der Waals surface area contributed by atoms with Gasteiger partial charge in [-0.3, -0.25) is 0 Å². The zero-order valence-corrected chi connectivity index (χ0v) is 5.05. The molecule has 0 unspecified atom stereocenters. The summed E-state index contributed by atoms with van der Waals surface area (Å²) in [6.45, 7) is 0.663. The van der Waals surface area contributed by atoms with Crippen molar-refractivity contribution < 1.29 is 4.21 Å². The summed E-state index contributed by atoms with van der Waals surface area (Å²) in [6.07, 6.45) is 0. The van der Waals surface area contributed by atoms with Gasteiger partial charge in [0.1, 0.15) is 0 Å². The van der Waals surface area contributed by atoms with Crippen LogP contribution in [0, 0.1) is 4.78 Å². The number of hydrogen-bond acceptors (Lipinski definition) is 4. The molecule has 0 heterocycles. The largest absolute Gasteiger partial charge is 0.445 e. The van der Waals surface area contributed by atoms with Crippen LogP contribution in [0.2, 0.25) is 0 Å². The highest BCUT2D eigenvalue weighted by Crippen LogP contribution is 1.61. The highest BCUT2D eigenvalue weighted by Gasteiger charge is 1.67. The highest BCUT2D eigenvalue weighted by molar-refractivity contribution is 7.73. The van der Waals surface area contributed by atoms with Crippen molar-refractivity contribution >= 4 is 10.6 Å². The first-order valence-corrected chi connectivity index (χ1v) is 3.33. The zero-order chi connectivity index (χ0) is 5.70. The lowest BCUT2D eigenvalue weighted by Gasteiger charge is -1.95. The molecular weight excluding hydrogens is 112 g/mol. The fourth-order valence-electron chi connectivity index (χ4n) is 0.195. The van der Waals surface area contributed by atoms with E-state index < -0.39 is 10.6 Å². The van der Waals surface area contributed by atoms with E-state index >= 15 is 0 Å². The van der Waals surface area contributed by atoms with Gasteiger partial charge in [-0.05, 0) is 13.6 Å². The average molecular weight is 121 g/mol. The molecule has 0 saturated carbocycles. The fourth-order valence-corrected chi connectivity index (χ4v) is 0.584. The minimum absolute atomic E-state index is 0.427. The van der Waals surface area contributed by atoms with Crippen molar-refractivity contribution in [2.24, 2.45) is 0 Å². The van der Waals surface area contributed by atoms with Crippen molar-refractivity contribution in [3.63, 3.8) is 0 Å². The van der Waals surface area contributed by atoms with E-state index in [4.69, 9.17) is 4.78 Å². The standard InChI is InChI=1S/C3H9N2OS/c1-5-2-3-7(4)6/h4-5H,2-3H2,1H3/q-1. The third kappa shape index (κ3) is 5.91. The minimum atomic E-state index is -1.38. The van der Waals surface area contributed by atoms with Gasteiger partial charge in [-0.15, -0.1) is 0 Å². The molecule has 0 aliphatic heterocycles. The van der Waals surface area contributed by atoms with Crippen LogP contribution in [-0.4, -0.2) is 19.3 Å². The van der Waals surface area contributed by atoms with Crippen LogP contribution in [0.3, 0.4) is 0 Å². The van der Waals surface area contributed by atoms with Gasteiger partial charge in [-0.2, -0.15) is 10.6 Å². The van der Waals surface area contributed by atoms with E-state index in [1.54, 1.807) is 7.05 Å². The third-order valence-corrected chi connectivity index (χ3v) is 1.11. The first-order valence-electron chi connectivity index (χ1n) is 2.01. The molecule has 0 spiro atoms. The van der Waals surface area contributed by atoms with E-state index in [0.717, 1.165) is 0 Å². The maximum absolute atomic E-state index is 9.94. The lowest BCUT2D eigenvalue weighted by molar-refractivity contribution is 0.598. The molecule has 0 aromatic rings. The second kappa shape index (κ2) is 4.08. The molecule has 0 bridgehead atoms. The molecule has 3 nitrogen and oxygen atoms in total. The molecule has 0 aliphatic carbocycles. The molecule has 0 rings (SSSR count). The Bertz CT molecular complexity index is 91.1. The molecule has 0 atom stereocenters. The number of rotatable bonds is 3. The van der Waals surface area contributed by atoms with Gasteiger partial charge < -0.3 is 14.3 Å². The van der Waals surface area contributed by atoms with Gasteiger partial charge in [-0.25, -0.2) is 0 Å². The molecular formula is C3H9N2OS-. The second-order valence-corrected chi connectivity index (χ2v) is 2.25. The van der Waals surface area contributed by atoms with Crippen LogP contribution in [0.1, 0.15) is 0 Å². The van der Waals surface area contributed by atoms with Gasteiger partial charge in [0.15, 0.2) is 0 Å². The Balaban J connectivity index is 2.98. The molecule has 44 valence electrons. The van der Waals surface area contributed by atoms with E-state index in [-0.39, 0.29) is 0 Å². The molecule has 0 amide bonds. The third-order valence-electron chi connectivity index (χ3n) is 0.537. The van der Waals surface area contributed by atoms with Crippen LogP contribution >= 0.6 is 0 Å². The maximum atomic E-state index is 9.94. The summed E-state index contributed by atoms with van der Waals surface area (Å²) >= 11 is 0. The van der Waals surface area contributed by atoms with Gasteiger partial charge in [0.05, 0.1) is 0 Å². The van der Waals surface area contributed by atoms with E-state index in [1.165, 1.54) is 0 Å². The molecule has 4 heteroatoms. The van der Waals surface area contributed by atoms with E-state index in [1.807, 2.05) is 0 Å². The minimum Gasteiger partial charge on any atom is -0.445 e. The lowest BCUT2D eigenvalue weighted by Crippen LogP contribution is -2.11. The lowest BCUT2D eigenvalue weighted by atomic mass is 10.8. The fraction of sp³-hybridized carbons (Fsp3) is 1.00. The van der Waals surface area contributed by atoms with Crippen molar-refractivity contribution in [1.82, 2.24) is 5.32 Å². The van der Waals surface area contributed by atoms with E-state index in [0.29, 0.717) is 12.3 Å². The van der Waals surface area contributed by atoms with Crippen molar-refractivity contribution in [3.05, 3.63) is 0 Å². The number of nitrogens with one attached hydrogen (secondary N) is 2. The predicted molar refractivity (Wildman–Crippen MR) is 29.6 cm³/mol. The van der Waals surface area contributed by atoms with E-state index in [2.05, 4.69) is 5.32 Å². The highest BCUT2D eigenvalue weighted by atomic mass is 32.2. The maximum Gasteiger partial charge on any atom is -0.0165 e. The molecule has 0 saturated heterocycles. The van der Waals surface area contributed by atoms with Crippen LogP contribution in [0.5, 0.6) is 0 Å². The van der Waals surface area contributed by atoms with Gasteiger partial charge >= 0.3 is 0 Å². The predicted octanol–water partition coefficient (Wildman–Crippen LogP) is -0.0680. The first kappa shape index (κ1) is 6.91.